The Labute approximate surface area is 152 Å². The van der Waals surface area contributed by atoms with Gasteiger partial charge in [0.1, 0.15) is 10.6 Å². The number of hydrogen-bond acceptors (Lipinski definition) is 6. The first-order chi connectivity index (χ1) is 12.4. The molecular weight excluding hydrogens is 358 g/mol. The van der Waals surface area contributed by atoms with Gasteiger partial charge in [-0.3, -0.25) is 14.5 Å². The number of piperidine rings is 1. The second-order valence-electron chi connectivity index (χ2n) is 6.16. The molecule has 140 valence electrons. The zero-order valence-corrected chi connectivity index (χ0v) is 15.0. The Hall–Kier alpha value is -2.23. The Kier molecular flexibility index (Phi) is 5.40. The molecule has 2 aliphatic rings. The fraction of sp³-hybridized carbons (Fsp3) is 0.412. The summed E-state index contributed by atoms with van der Waals surface area (Å²) < 4.78 is 27.4. The smallest absolute Gasteiger partial charge is 0.277 e. The van der Waals surface area contributed by atoms with Crippen molar-refractivity contribution in [1.29, 1.82) is 0 Å². The lowest BCUT2D eigenvalue weighted by Crippen LogP contribution is -2.36. The molecule has 2 aliphatic heterocycles. The average molecular weight is 379 g/mol. The number of anilines is 1. The molecule has 1 aromatic rings. The minimum Gasteiger partial charge on any atom is -0.395 e. The van der Waals surface area contributed by atoms with Crippen LogP contribution < -0.4 is 5.32 Å². The molecule has 1 aromatic carbocycles. The molecule has 0 bridgehead atoms. The number of β-amino-alcohol motifs (C(OH)–C–C–N with tert-alkyl or cyclic N) is 1. The van der Waals surface area contributed by atoms with Gasteiger partial charge >= 0.3 is 0 Å². The van der Waals surface area contributed by atoms with Gasteiger partial charge in [-0.2, -0.15) is 4.31 Å². The molecule has 0 spiro atoms. The van der Waals surface area contributed by atoms with E-state index in [0.717, 1.165) is 30.2 Å². The predicted molar refractivity (Wildman–Crippen MR) is 94.6 cm³/mol. The maximum absolute atomic E-state index is 13.0. The number of nitrogens with zero attached hydrogens (tertiary/aromatic N) is 2. The fourth-order valence-electron chi connectivity index (χ4n) is 3.09. The first kappa shape index (κ1) is 18.6. The summed E-state index contributed by atoms with van der Waals surface area (Å²) in [6.07, 6.45) is 3.77. The minimum absolute atomic E-state index is 0.00950. The maximum Gasteiger partial charge on any atom is 0.277 e. The fourth-order valence-corrected chi connectivity index (χ4v) is 4.76. The first-order valence-corrected chi connectivity index (χ1v) is 9.94. The average Bonchev–Trinajstić information content (AvgIpc) is 2.91. The van der Waals surface area contributed by atoms with E-state index in [1.165, 1.54) is 10.4 Å². The summed E-state index contributed by atoms with van der Waals surface area (Å²) in [6.45, 7) is 0.508. The number of benzene rings is 1. The minimum atomic E-state index is -3.70. The number of carbonyl (C=O) groups excluding carboxylic acids is 2. The van der Waals surface area contributed by atoms with Gasteiger partial charge in [-0.05, 0) is 25.0 Å². The molecule has 2 heterocycles. The van der Waals surface area contributed by atoms with E-state index in [9.17, 15) is 18.0 Å². The van der Waals surface area contributed by atoms with Crippen LogP contribution in [0.2, 0.25) is 0 Å². The third-order valence-corrected chi connectivity index (χ3v) is 6.38. The molecule has 9 heteroatoms. The van der Waals surface area contributed by atoms with Gasteiger partial charge in [0, 0.05) is 19.2 Å². The molecule has 0 unspecified atom stereocenters. The van der Waals surface area contributed by atoms with Crippen molar-refractivity contribution in [3.63, 3.8) is 0 Å². The van der Waals surface area contributed by atoms with Gasteiger partial charge in [0.2, 0.25) is 10.0 Å². The van der Waals surface area contributed by atoms with Crippen LogP contribution in [0.1, 0.15) is 19.3 Å². The van der Waals surface area contributed by atoms with Gasteiger partial charge in [0.15, 0.2) is 0 Å². The van der Waals surface area contributed by atoms with Crippen LogP contribution in [0.4, 0.5) is 5.69 Å². The number of hydrogen-bond donors (Lipinski definition) is 2. The van der Waals surface area contributed by atoms with Crippen molar-refractivity contribution < 1.29 is 23.1 Å². The standard InChI is InChI=1S/C17H21N3O5S/c21-11-10-20-16(22)12-14(17(20)23)18-13-6-2-3-7-15(13)26(24,25)19-8-4-1-5-9-19/h2-3,6-7,12,18,21H,1,4-5,8-11H2. The van der Waals surface area contributed by atoms with Crippen LogP contribution in [0, 0.1) is 0 Å². The first-order valence-electron chi connectivity index (χ1n) is 8.50. The zero-order chi connectivity index (χ0) is 18.7. The normalized spacial score (nSPS) is 19.0. The summed E-state index contributed by atoms with van der Waals surface area (Å²) in [5.41, 5.74) is 0.237. The topological polar surface area (TPSA) is 107 Å². The molecule has 0 aliphatic carbocycles. The van der Waals surface area contributed by atoms with Crippen LogP contribution in [0.15, 0.2) is 40.9 Å². The summed E-state index contributed by atoms with van der Waals surface area (Å²) in [6, 6.07) is 6.32. The number of amides is 2. The molecule has 1 saturated heterocycles. The van der Waals surface area contributed by atoms with E-state index in [-0.39, 0.29) is 29.4 Å². The monoisotopic (exact) mass is 379 g/mol. The molecule has 2 amide bonds. The highest BCUT2D eigenvalue weighted by atomic mass is 32.2. The molecule has 0 atom stereocenters. The number of rotatable bonds is 6. The third kappa shape index (κ3) is 3.50. The Morgan fingerprint density at radius 1 is 1.08 bits per heavy atom. The molecule has 0 aromatic heterocycles. The lowest BCUT2D eigenvalue weighted by atomic mass is 10.2. The van der Waals surface area contributed by atoms with Crippen molar-refractivity contribution in [1.82, 2.24) is 9.21 Å². The van der Waals surface area contributed by atoms with Crippen molar-refractivity contribution in [2.45, 2.75) is 24.2 Å². The van der Waals surface area contributed by atoms with E-state index in [0.29, 0.717) is 13.1 Å². The lowest BCUT2D eigenvalue weighted by Gasteiger charge is -2.27. The molecule has 2 N–H and O–H groups in total. The van der Waals surface area contributed by atoms with Gasteiger partial charge in [-0.1, -0.05) is 18.6 Å². The van der Waals surface area contributed by atoms with Crippen LogP contribution in [-0.2, 0) is 19.6 Å². The van der Waals surface area contributed by atoms with Crippen molar-refractivity contribution >= 4 is 27.5 Å². The zero-order valence-electron chi connectivity index (χ0n) is 14.2. The Morgan fingerprint density at radius 3 is 2.46 bits per heavy atom. The molecule has 1 fully saturated rings. The highest BCUT2D eigenvalue weighted by Crippen LogP contribution is 2.28. The highest BCUT2D eigenvalue weighted by Gasteiger charge is 2.33. The summed E-state index contributed by atoms with van der Waals surface area (Å²) >= 11 is 0. The van der Waals surface area contributed by atoms with E-state index in [1.54, 1.807) is 18.2 Å². The van der Waals surface area contributed by atoms with Crippen LogP contribution in [-0.4, -0.2) is 60.8 Å². The van der Waals surface area contributed by atoms with Crippen molar-refractivity contribution in [2.75, 3.05) is 31.6 Å². The van der Waals surface area contributed by atoms with E-state index in [1.807, 2.05) is 0 Å². The Morgan fingerprint density at radius 2 is 1.77 bits per heavy atom. The van der Waals surface area contributed by atoms with Crippen LogP contribution in [0.5, 0.6) is 0 Å². The van der Waals surface area contributed by atoms with E-state index in [4.69, 9.17) is 5.11 Å². The van der Waals surface area contributed by atoms with Crippen molar-refractivity contribution in [3.05, 3.63) is 36.0 Å². The van der Waals surface area contributed by atoms with Gasteiger partial charge in [-0.25, -0.2) is 8.42 Å². The predicted octanol–water partition coefficient (Wildman–Crippen LogP) is 0.518. The highest BCUT2D eigenvalue weighted by molar-refractivity contribution is 7.89. The lowest BCUT2D eigenvalue weighted by molar-refractivity contribution is -0.137. The van der Waals surface area contributed by atoms with E-state index >= 15 is 0 Å². The number of carbonyl (C=O) groups is 2. The summed E-state index contributed by atoms with van der Waals surface area (Å²) in [7, 11) is -3.70. The number of aliphatic hydroxyl groups excluding tert-OH is 1. The second kappa shape index (κ2) is 7.56. The van der Waals surface area contributed by atoms with Crippen LogP contribution in [0.25, 0.3) is 0 Å². The molecule has 0 radical (unpaired) electrons. The van der Waals surface area contributed by atoms with E-state index < -0.39 is 21.8 Å². The van der Waals surface area contributed by atoms with Crippen molar-refractivity contribution in [3.8, 4) is 0 Å². The van der Waals surface area contributed by atoms with Crippen LogP contribution in [0.3, 0.4) is 0 Å². The van der Waals surface area contributed by atoms with Crippen molar-refractivity contribution in [2.24, 2.45) is 0 Å². The summed E-state index contributed by atoms with van der Waals surface area (Å²) in [5.74, 6) is -1.13. The summed E-state index contributed by atoms with van der Waals surface area (Å²) in [5, 5.41) is 11.7. The third-order valence-electron chi connectivity index (χ3n) is 4.42. The van der Waals surface area contributed by atoms with E-state index in [2.05, 4.69) is 5.32 Å². The largest absolute Gasteiger partial charge is 0.395 e. The number of para-hydroxylation sites is 1. The van der Waals surface area contributed by atoms with Gasteiger partial charge < -0.3 is 10.4 Å². The van der Waals surface area contributed by atoms with Crippen LogP contribution >= 0.6 is 0 Å². The second-order valence-corrected chi connectivity index (χ2v) is 8.07. The number of sulfonamides is 1. The molecule has 3 rings (SSSR count). The number of imide groups is 1. The quantitative estimate of drug-likeness (QED) is 0.698. The Balaban J connectivity index is 1.88. The van der Waals surface area contributed by atoms with Gasteiger partial charge in [0.05, 0.1) is 18.8 Å². The SMILES string of the molecule is O=C1C=C(Nc2ccccc2S(=O)(=O)N2CCCCC2)C(=O)N1CCO. The summed E-state index contributed by atoms with van der Waals surface area (Å²) in [4.78, 5) is 25.1. The molecule has 8 nitrogen and oxygen atoms in total. The number of aliphatic hydroxyl groups is 1. The molecule has 26 heavy (non-hydrogen) atoms. The Bertz CT molecular complexity index is 844. The molecule has 0 saturated carbocycles. The number of nitrogens with one attached hydrogen (secondary N) is 1. The maximum atomic E-state index is 13.0. The molecular formula is C17H21N3O5S. The van der Waals surface area contributed by atoms with Gasteiger partial charge in [-0.15, -0.1) is 0 Å². The van der Waals surface area contributed by atoms with Gasteiger partial charge in [0.25, 0.3) is 11.8 Å².